The van der Waals surface area contributed by atoms with E-state index in [9.17, 15) is 0 Å². The first kappa shape index (κ1) is 22.9. The Morgan fingerprint density at radius 3 is 2.53 bits per heavy atom. The average Bonchev–Trinajstić information content (AvgIpc) is 3.38. The molecule has 0 amide bonds. The molecule has 2 N–H and O–H groups in total. The van der Waals surface area contributed by atoms with Gasteiger partial charge >= 0.3 is 0 Å². The number of methoxy groups -OCH3 is 1. The quantitative estimate of drug-likeness (QED) is 0.354. The molecule has 0 saturated heterocycles. The number of nitrogens with two attached hydrogens (primary N) is 1. The van der Waals surface area contributed by atoms with Gasteiger partial charge in [0, 0.05) is 18.2 Å². The zero-order valence-electron chi connectivity index (χ0n) is 19.6. The molecular formula is C28H23N7O. The molecule has 1 atom stereocenters. The van der Waals surface area contributed by atoms with Gasteiger partial charge in [-0.3, -0.25) is 4.98 Å². The Kier molecular flexibility index (Phi) is 6.47. The number of nitrogens with zero attached hydrogens (tertiary/aromatic N) is 6. The third-order valence-electron chi connectivity index (χ3n) is 5.63. The molecule has 0 aliphatic heterocycles. The molecule has 5 rings (SSSR count). The van der Waals surface area contributed by atoms with Gasteiger partial charge < -0.3 is 10.5 Å². The molecule has 36 heavy (non-hydrogen) atoms. The van der Waals surface area contributed by atoms with Crippen LogP contribution in [0.1, 0.15) is 28.6 Å². The van der Waals surface area contributed by atoms with Gasteiger partial charge in [-0.2, -0.15) is 0 Å². The first-order valence-electron chi connectivity index (χ1n) is 11.3. The SMILES string of the molecule is C#Cc1cccc(-c2cc(-c3cn(Cc4cccc(C(OC)c5ccccc5)n4)nn3)nc(N)n2)c1. The number of aromatic nitrogens is 6. The first-order chi connectivity index (χ1) is 17.6. The molecule has 1 unspecified atom stereocenters. The molecule has 176 valence electrons. The van der Waals surface area contributed by atoms with Crippen LogP contribution in [0.2, 0.25) is 0 Å². The maximum Gasteiger partial charge on any atom is 0.221 e. The fourth-order valence-corrected chi connectivity index (χ4v) is 3.96. The summed E-state index contributed by atoms with van der Waals surface area (Å²) in [6.07, 6.45) is 7.09. The molecule has 5 aromatic rings. The fourth-order valence-electron chi connectivity index (χ4n) is 3.96. The number of pyridine rings is 1. The van der Waals surface area contributed by atoms with Gasteiger partial charge in [0.15, 0.2) is 0 Å². The number of ether oxygens (including phenoxy) is 1. The van der Waals surface area contributed by atoms with Gasteiger partial charge in [0.25, 0.3) is 0 Å². The van der Waals surface area contributed by atoms with E-state index in [1.807, 2.05) is 85.1 Å². The Morgan fingerprint density at radius 1 is 0.917 bits per heavy atom. The monoisotopic (exact) mass is 473 g/mol. The Bertz CT molecular complexity index is 1540. The number of hydrogen-bond acceptors (Lipinski definition) is 7. The number of rotatable bonds is 7. The van der Waals surface area contributed by atoms with Crippen LogP contribution in [0.15, 0.2) is 85.1 Å². The van der Waals surface area contributed by atoms with Crippen LogP contribution in [0, 0.1) is 12.3 Å². The maximum absolute atomic E-state index is 6.00. The smallest absolute Gasteiger partial charge is 0.221 e. The number of nitrogen functional groups attached to an aromatic ring is 1. The number of benzene rings is 2. The van der Waals surface area contributed by atoms with Gasteiger partial charge in [0.2, 0.25) is 5.95 Å². The van der Waals surface area contributed by atoms with Crippen molar-refractivity contribution in [1.29, 1.82) is 0 Å². The van der Waals surface area contributed by atoms with Crippen LogP contribution in [0.4, 0.5) is 5.95 Å². The van der Waals surface area contributed by atoms with Crippen molar-refractivity contribution >= 4 is 5.95 Å². The minimum atomic E-state index is -0.257. The Hall–Kier alpha value is -4.87. The van der Waals surface area contributed by atoms with Crippen molar-refractivity contribution in [3.8, 4) is 35.0 Å². The van der Waals surface area contributed by atoms with Crippen LogP contribution < -0.4 is 5.73 Å². The fraction of sp³-hybridized carbons (Fsp3) is 0.107. The summed E-state index contributed by atoms with van der Waals surface area (Å²) in [7, 11) is 1.68. The van der Waals surface area contributed by atoms with Crippen molar-refractivity contribution in [2.75, 3.05) is 12.8 Å². The lowest BCUT2D eigenvalue weighted by Gasteiger charge is -2.16. The van der Waals surface area contributed by atoms with Crippen LogP contribution >= 0.6 is 0 Å². The molecule has 0 aliphatic carbocycles. The molecule has 0 fully saturated rings. The summed E-state index contributed by atoms with van der Waals surface area (Å²) in [6, 6.07) is 25.2. The van der Waals surface area contributed by atoms with Crippen molar-refractivity contribution in [1.82, 2.24) is 29.9 Å². The summed E-state index contributed by atoms with van der Waals surface area (Å²) in [6.45, 7) is 0.434. The summed E-state index contributed by atoms with van der Waals surface area (Å²) in [5.41, 5.74) is 12.1. The summed E-state index contributed by atoms with van der Waals surface area (Å²) in [5, 5.41) is 8.56. The van der Waals surface area contributed by atoms with E-state index < -0.39 is 0 Å². The number of anilines is 1. The van der Waals surface area contributed by atoms with Crippen molar-refractivity contribution in [3.05, 3.63) is 108 Å². The van der Waals surface area contributed by atoms with Gasteiger partial charge in [0.05, 0.1) is 35.5 Å². The molecule has 3 aromatic heterocycles. The molecular weight excluding hydrogens is 450 g/mol. The van der Waals surface area contributed by atoms with Gasteiger partial charge in [0.1, 0.15) is 11.8 Å². The van der Waals surface area contributed by atoms with Crippen molar-refractivity contribution in [2.45, 2.75) is 12.6 Å². The van der Waals surface area contributed by atoms with E-state index in [-0.39, 0.29) is 12.1 Å². The molecule has 8 heteroatoms. The second kappa shape index (κ2) is 10.2. The second-order valence-electron chi connectivity index (χ2n) is 8.10. The lowest BCUT2D eigenvalue weighted by Crippen LogP contribution is -2.09. The molecule has 8 nitrogen and oxygen atoms in total. The van der Waals surface area contributed by atoms with Crippen LogP contribution in [0.5, 0.6) is 0 Å². The molecule has 0 radical (unpaired) electrons. The maximum atomic E-state index is 6.00. The minimum absolute atomic E-state index is 0.143. The van der Waals surface area contributed by atoms with E-state index in [2.05, 4.69) is 26.2 Å². The molecule has 2 aromatic carbocycles. The lowest BCUT2D eigenvalue weighted by molar-refractivity contribution is 0.132. The van der Waals surface area contributed by atoms with Gasteiger partial charge in [-0.1, -0.05) is 59.7 Å². The van der Waals surface area contributed by atoms with E-state index in [1.165, 1.54) is 0 Å². The zero-order chi connectivity index (χ0) is 24.9. The van der Waals surface area contributed by atoms with Crippen LogP contribution in [-0.4, -0.2) is 37.1 Å². The third-order valence-corrected chi connectivity index (χ3v) is 5.63. The zero-order valence-corrected chi connectivity index (χ0v) is 19.6. The minimum Gasteiger partial charge on any atom is -0.370 e. The Balaban J connectivity index is 1.39. The van der Waals surface area contributed by atoms with Crippen molar-refractivity contribution in [3.63, 3.8) is 0 Å². The van der Waals surface area contributed by atoms with E-state index in [1.54, 1.807) is 11.8 Å². The normalized spacial score (nSPS) is 11.7. The highest BCUT2D eigenvalue weighted by Crippen LogP contribution is 2.25. The van der Waals surface area contributed by atoms with E-state index in [0.717, 1.165) is 28.1 Å². The van der Waals surface area contributed by atoms with Gasteiger partial charge in [-0.25, -0.2) is 14.6 Å². The highest BCUT2D eigenvalue weighted by molar-refractivity contribution is 5.68. The lowest BCUT2D eigenvalue weighted by atomic mass is 10.1. The molecule has 3 heterocycles. The first-order valence-corrected chi connectivity index (χ1v) is 11.3. The van der Waals surface area contributed by atoms with Gasteiger partial charge in [-0.05, 0) is 35.9 Å². The van der Waals surface area contributed by atoms with Crippen LogP contribution in [0.25, 0.3) is 22.6 Å². The predicted molar refractivity (Wildman–Crippen MR) is 137 cm³/mol. The molecule has 0 saturated carbocycles. The summed E-state index contributed by atoms with van der Waals surface area (Å²) >= 11 is 0. The summed E-state index contributed by atoms with van der Waals surface area (Å²) < 4.78 is 7.44. The average molecular weight is 474 g/mol. The number of hydrogen-bond donors (Lipinski definition) is 1. The highest BCUT2D eigenvalue weighted by Gasteiger charge is 2.16. The molecule has 0 spiro atoms. The van der Waals surface area contributed by atoms with Gasteiger partial charge in [-0.15, -0.1) is 11.5 Å². The summed E-state index contributed by atoms with van der Waals surface area (Å²) in [4.78, 5) is 13.5. The standard InChI is InChI=1S/C28H23N7O/c1-3-19-9-7-12-21(15-19)24-16-25(32-28(29)31-24)26-18-35(34-33-26)17-22-13-8-14-23(30-22)27(36-2)20-10-5-4-6-11-20/h1,4-16,18,27H,17H2,2H3,(H2,29,31,32). The number of terminal acetylenes is 1. The van der Waals surface area contributed by atoms with Crippen molar-refractivity contribution in [2.24, 2.45) is 0 Å². The van der Waals surface area contributed by atoms with E-state index in [0.29, 0.717) is 23.6 Å². The second-order valence-corrected chi connectivity index (χ2v) is 8.10. The summed E-state index contributed by atoms with van der Waals surface area (Å²) in [5.74, 6) is 2.78. The van der Waals surface area contributed by atoms with Crippen LogP contribution in [0.3, 0.4) is 0 Å². The topological polar surface area (TPSA) is 105 Å². The largest absolute Gasteiger partial charge is 0.370 e. The molecule has 0 bridgehead atoms. The Labute approximate surface area is 208 Å². The molecule has 0 aliphatic rings. The van der Waals surface area contributed by atoms with E-state index in [4.69, 9.17) is 21.9 Å². The van der Waals surface area contributed by atoms with E-state index >= 15 is 0 Å². The third kappa shape index (κ3) is 4.97. The highest BCUT2D eigenvalue weighted by atomic mass is 16.5. The Morgan fingerprint density at radius 2 is 1.72 bits per heavy atom. The van der Waals surface area contributed by atoms with Crippen LogP contribution in [-0.2, 0) is 11.3 Å². The van der Waals surface area contributed by atoms with Crippen molar-refractivity contribution < 1.29 is 4.74 Å². The predicted octanol–water partition coefficient (Wildman–Crippen LogP) is 4.14.